The molecule has 2 spiro atoms. The van der Waals surface area contributed by atoms with Crippen molar-refractivity contribution in [2.45, 2.75) is 43.2 Å². The monoisotopic (exact) mass is 601 g/mol. The van der Waals surface area contributed by atoms with Crippen LogP contribution in [0.1, 0.15) is 28.7 Å². The molecule has 11 nitrogen and oxygen atoms in total. The number of amidine groups is 2. The van der Waals surface area contributed by atoms with E-state index >= 15 is 0 Å². The van der Waals surface area contributed by atoms with Crippen LogP contribution in [-0.4, -0.2) is 69.9 Å². The van der Waals surface area contributed by atoms with E-state index in [0.29, 0.717) is 25.8 Å². The summed E-state index contributed by atoms with van der Waals surface area (Å²) in [5.41, 5.74) is 15.0. The average molecular weight is 602 g/mol. The average Bonchev–Trinajstić information content (AvgIpc) is 3.65. The highest BCUT2D eigenvalue weighted by Crippen LogP contribution is 2.41. The molecule has 3 atom stereocenters. The molecule has 0 amide bonds. The van der Waals surface area contributed by atoms with E-state index in [4.69, 9.17) is 25.2 Å². The number of hydrogen-bond acceptors (Lipinski definition) is 10. The topological polar surface area (TPSA) is 145 Å². The van der Waals surface area contributed by atoms with Crippen LogP contribution in [-0.2, 0) is 35.2 Å². The minimum absolute atomic E-state index is 0.113. The summed E-state index contributed by atoms with van der Waals surface area (Å²) in [5, 5.41) is 6.85. The summed E-state index contributed by atoms with van der Waals surface area (Å²) in [4.78, 5) is 27.0. The number of rotatable bonds is 5. The van der Waals surface area contributed by atoms with Gasteiger partial charge < -0.3 is 25.8 Å². The lowest BCUT2D eigenvalue weighted by molar-refractivity contribution is 0.180. The first-order valence-corrected chi connectivity index (χ1v) is 15.4. The number of nitrogens with two attached hydrogens (primary N) is 1. The van der Waals surface area contributed by atoms with E-state index in [-0.39, 0.29) is 17.5 Å². The Labute approximate surface area is 261 Å². The zero-order valence-electron chi connectivity index (χ0n) is 25.2. The molecule has 2 aliphatic carbocycles. The molecule has 4 aliphatic rings. The van der Waals surface area contributed by atoms with Crippen LogP contribution in [0.2, 0.25) is 0 Å². The molecular formula is C34H35N9O2. The molecule has 1 saturated heterocycles. The van der Waals surface area contributed by atoms with Crippen molar-refractivity contribution in [1.82, 2.24) is 25.3 Å². The summed E-state index contributed by atoms with van der Waals surface area (Å²) >= 11 is 0. The molecule has 2 aliphatic heterocycles. The summed E-state index contributed by atoms with van der Waals surface area (Å²) in [6.07, 6.45) is 13.1. The van der Waals surface area contributed by atoms with Gasteiger partial charge in [0.2, 0.25) is 0 Å². The maximum absolute atomic E-state index is 6.20. The van der Waals surface area contributed by atoms with Gasteiger partial charge in [0.05, 0.1) is 12.1 Å². The first-order chi connectivity index (χ1) is 22.0. The Morgan fingerprint density at radius 2 is 1.84 bits per heavy atom. The summed E-state index contributed by atoms with van der Waals surface area (Å²) in [7, 11) is 1.87. The highest BCUT2D eigenvalue weighted by Gasteiger charge is 2.47. The molecule has 4 N–H and O–H groups in total. The lowest BCUT2D eigenvalue weighted by Crippen LogP contribution is -2.49. The van der Waals surface area contributed by atoms with Crippen molar-refractivity contribution in [3.63, 3.8) is 0 Å². The second-order valence-corrected chi connectivity index (χ2v) is 12.5. The van der Waals surface area contributed by atoms with E-state index < -0.39 is 5.54 Å². The highest BCUT2D eigenvalue weighted by molar-refractivity contribution is 5.78. The highest BCUT2D eigenvalue weighted by atomic mass is 16.5. The van der Waals surface area contributed by atoms with Gasteiger partial charge in [0.1, 0.15) is 37.2 Å². The van der Waals surface area contributed by atoms with Crippen LogP contribution < -0.4 is 16.4 Å². The third kappa shape index (κ3) is 4.92. The van der Waals surface area contributed by atoms with Gasteiger partial charge in [-0.05, 0) is 59.1 Å². The Bertz CT molecular complexity index is 1830. The number of aromatic nitrogens is 4. The van der Waals surface area contributed by atoms with E-state index in [9.17, 15) is 0 Å². The number of ether oxygens (including phenoxy) is 2. The van der Waals surface area contributed by atoms with Crippen molar-refractivity contribution in [3.05, 3.63) is 89.9 Å². The number of benzene rings is 2. The molecule has 0 saturated carbocycles. The molecule has 2 aromatic carbocycles. The van der Waals surface area contributed by atoms with E-state index in [0.717, 1.165) is 54.6 Å². The molecule has 45 heavy (non-hydrogen) atoms. The zero-order chi connectivity index (χ0) is 30.4. The fourth-order valence-corrected chi connectivity index (χ4v) is 7.48. The predicted molar refractivity (Wildman–Crippen MR) is 172 cm³/mol. The van der Waals surface area contributed by atoms with Crippen molar-refractivity contribution in [1.29, 1.82) is 0 Å². The van der Waals surface area contributed by atoms with Gasteiger partial charge in [-0.1, -0.05) is 36.4 Å². The molecular weight excluding hydrogens is 566 g/mol. The van der Waals surface area contributed by atoms with Gasteiger partial charge in [-0.3, -0.25) is 0 Å². The number of nitrogens with zero attached hydrogens (tertiary/aromatic N) is 6. The van der Waals surface area contributed by atoms with E-state index in [1.807, 2.05) is 25.6 Å². The summed E-state index contributed by atoms with van der Waals surface area (Å²) in [5.74, 6) is 0.909. The maximum atomic E-state index is 6.20. The number of aliphatic imine (C=N–C) groups is 2. The second-order valence-electron chi connectivity index (χ2n) is 12.5. The van der Waals surface area contributed by atoms with Crippen LogP contribution in [0.25, 0.3) is 22.3 Å². The lowest BCUT2D eigenvalue weighted by Gasteiger charge is -2.38. The summed E-state index contributed by atoms with van der Waals surface area (Å²) in [6, 6.07) is 14.0. The lowest BCUT2D eigenvalue weighted by atomic mass is 9.70. The molecule has 8 rings (SSSR count). The van der Waals surface area contributed by atoms with Gasteiger partial charge in [0.15, 0.2) is 0 Å². The van der Waals surface area contributed by atoms with Crippen molar-refractivity contribution < 1.29 is 9.47 Å². The minimum atomic E-state index is -0.476. The zero-order valence-corrected chi connectivity index (χ0v) is 25.2. The van der Waals surface area contributed by atoms with Gasteiger partial charge in [0.25, 0.3) is 12.0 Å². The Morgan fingerprint density at radius 1 is 0.956 bits per heavy atom. The number of hydrogen-bond donors (Lipinski definition) is 3. The third-order valence-corrected chi connectivity index (χ3v) is 9.83. The fourth-order valence-electron chi connectivity index (χ4n) is 7.48. The Kier molecular flexibility index (Phi) is 6.62. The van der Waals surface area contributed by atoms with Crippen LogP contribution in [0, 0.1) is 5.92 Å². The van der Waals surface area contributed by atoms with E-state index in [2.05, 4.69) is 67.0 Å². The Morgan fingerprint density at radius 3 is 2.69 bits per heavy atom. The summed E-state index contributed by atoms with van der Waals surface area (Å²) < 4.78 is 12.0. The predicted octanol–water partition coefficient (Wildman–Crippen LogP) is 3.34. The summed E-state index contributed by atoms with van der Waals surface area (Å²) in [6.45, 7) is 1.60. The molecule has 0 radical (unpaired) electrons. The number of nitrogens with one attached hydrogen (secondary N) is 2. The van der Waals surface area contributed by atoms with Crippen LogP contribution in [0.4, 0.5) is 5.82 Å². The van der Waals surface area contributed by atoms with Gasteiger partial charge >= 0.3 is 0 Å². The largest absolute Gasteiger partial charge is 0.463 e. The first-order valence-electron chi connectivity index (χ1n) is 15.4. The van der Waals surface area contributed by atoms with Crippen molar-refractivity contribution in [2.75, 3.05) is 32.1 Å². The minimum Gasteiger partial charge on any atom is -0.463 e. The SMILES string of the molecule is CNc1ncncc1-c1ccc2c(c1)CC1(COC(N)=N1)C(CN=C1NC3(CCc4c(cccc4-c4cncnc4)C3)CO1)C2. The quantitative estimate of drug-likeness (QED) is 0.314. The third-order valence-electron chi connectivity index (χ3n) is 9.83. The van der Waals surface area contributed by atoms with Gasteiger partial charge in [-0.15, -0.1) is 0 Å². The molecule has 3 unspecified atom stereocenters. The second kappa shape index (κ2) is 10.8. The first kappa shape index (κ1) is 27.5. The molecule has 11 heteroatoms. The van der Waals surface area contributed by atoms with E-state index in [1.165, 1.54) is 27.8 Å². The molecule has 2 aromatic heterocycles. The van der Waals surface area contributed by atoms with Crippen LogP contribution in [0.5, 0.6) is 0 Å². The van der Waals surface area contributed by atoms with Crippen LogP contribution in [0.3, 0.4) is 0 Å². The Balaban J connectivity index is 1.02. The van der Waals surface area contributed by atoms with Gasteiger partial charge in [-0.2, -0.15) is 0 Å². The number of anilines is 1. The van der Waals surface area contributed by atoms with Crippen LogP contribution >= 0.6 is 0 Å². The molecule has 1 fully saturated rings. The van der Waals surface area contributed by atoms with Crippen molar-refractivity contribution in [2.24, 2.45) is 21.6 Å². The fraction of sp³-hybridized carbons (Fsp3) is 0.353. The van der Waals surface area contributed by atoms with E-state index in [1.54, 1.807) is 12.7 Å². The van der Waals surface area contributed by atoms with Gasteiger partial charge in [0, 0.05) is 49.1 Å². The normalized spacial score (nSPS) is 25.7. The Hall–Kier alpha value is -5.06. The van der Waals surface area contributed by atoms with Crippen LogP contribution in [0.15, 0.2) is 77.6 Å². The molecule has 4 aromatic rings. The molecule has 4 heterocycles. The number of fused-ring (bicyclic) bond motifs is 2. The standard InChI is InChI=1S/C34H35N9O2/c1-36-30-29(16-39-20-41-30)22-6-5-21-10-26(34(12-24(21)9-22)18-44-31(35)42-34)15-40-32-43-33(17-45-32)8-7-28-23(11-33)3-2-4-27(28)25-13-37-19-38-14-25/h2-6,9,13-14,16,19-20,26H,7-8,10-12,15,17-18H2,1H3,(H2,35,42)(H,40,43)(H,36,39,41). The molecule has 0 bridgehead atoms. The smallest absolute Gasteiger partial charge is 0.285 e. The maximum Gasteiger partial charge on any atom is 0.285 e. The van der Waals surface area contributed by atoms with Crippen molar-refractivity contribution >= 4 is 17.9 Å². The van der Waals surface area contributed by atoms with Gasteiger partial charge in [-0.25, -0.2) is 29.9 Å². The van der Waals surface area contributed by atoms with Crippen molar-refractivity contribution in [3.8, 4) is 22.3 Å². The molecule has 228 valence electrons.